The minimum absolute atomic E-state index is 0.861. The first-order chi connectivity index (χ1) is 19.4. The number of nitrogens with zero attached hydrogens (tertiary/aromatic N) is 3. The molecule has 0 saturated heterocycles. The Kier molecular flexibility index (Phi) is 8.02. The molecule has 4 aromatic heterocycles. The largest absolute Gasteiger partial charge is 0.361 e. The second-order valence-corrected chi connectivity index (χ2v) is 9.86. The van der Waals surface area contributed by atoms with Gasteiger partial charge >= 0.3 is 0 Å². The molecule has 0 amide bonds. The van der Waals surface area contributed by atoms with E-state index in [4.69, 9.17) is 4.52 Å². The Balaban J connectivity index is 0.000000108. The Labute approximate surface area is 232 Å². The fourth-order valence-corrected chi connectivity index (χ4v) is 4.25. The number of hydrogen-bond acceptors (Lipinski definition) is 4. The Morgan fingerprint density at radius 2 is 1.10 bits per heavy atom. The van der Waals surface area contributed by atoms with Gasteiger partial charge in [0.25, 0.3) is 0 Å². The maximum atomic E-state index is 4.95. The molecule has 7 nitrogen and oxygen atoms in total. The van der Waals surface area contributed by atoms with Crippen LogP contribution in [0.15, 0.2) is 108 Å². The minimum atomic E-state index is 0.861. The zero-order valence-electron chi connectivity index (χ0n) is 23.1. The zero-order chi connectivity index (χ0) is 27.9. The second kappa shape index (κ2) is 12.1. The Bertz CT molecular complexity index is 1690. The van der Waals surface area contributed by atoms with Crippen molar-refractivity contribution in [2.75, 3.05) is 0 Å². The predicted octanol–water partition coefficient (Wildman–Crippen LogP) is 8.36. The monoisotopic (exact) mass is 528 g/mol. The van der Waals surface area contributed by atoms with Crippen molar-refractivity contribution in [2.45, 2.75) is 27.7 Å². The average molecular weight is 529 g/mol. The van der Waals surface area contributed by atoms with Gasteiger partial charge in [-0.15, -0.1) is 0 Å². The first-order valence-corrected chi connectivity index (χ1v) is 13.1. The van der Waals surface area contributed by atoms with Gasteiger partial charge in [-0.1, -0.05) is 46.6 Å². The number of aromatic nitrogens is 6. The molecule has 0 aliphatic heterocycles. The summed E-state index contributed by atoms with van der Waals surface area (Å²) < 4.78 is 4.95. The molecule has 8 aromatic rings. The fourth-order valence-electron chi connectivity index (χ4n) is 4.25. The van der Waals surface area contributed by atoms with E-state index >= 15 is 0 Å². The SMILES string of the molecule is Cc1ccc2[nH]ccc2c1.Cc1ccc2[nH]ncc2c1.Cc1ccc2cn[nH]c2c1.Cc1ccc2cnoc2c1. The Morgan fingerprint density at radius 3 is 1.90 bits per heavy atom. The van der Waals surface area contributed by atoms with Crippen LogP contribution in [0.4, 0.5) is 0 Å². The van der Waals surface area contributed by atoms with E-state index in [9.17, 15) is 0 Å². The third-order valence-electron chi connectivity index (χ3n) is 6.41. The maximum Gasteiger partial charge on any atom is 0.167 e. The minimum Gasteiger partial charge on any atom is -0.361 e. The van der Waals surface area contributed by atoms with Crippen molar-refractivity contribution in [1.29, 1.82) is 0 Å². The lowest BCUT2D eigenvalue weighted by atomic mass is 10.2. The summed E-state index contributed by atoms with van der Waals surface area (Å²) in [5.41, 5.74) is 9.33. The summed E-state index contributed by atoms with van der Waals surface area (Å²) in [6.07, 6.45) is 7.34. The lowest BCUT2D eigenvalue weighted by Crippen LogP contribution is -1.70. The Hall–Kier alpha value is -5.17. The van der Waals surface area contributed by atoms with Crippen LogP contribution in [0.2, 0.25) is 0 Å². The summed E-state index contributed by atoms with van der Waals surface area (Å²) in [4.78, 5) is 3.15. The van der Waals surface area contributed by atoms with Crippen molar-refractivity contribution >= 4 is 43.7 Å². The molecular formula is C33H32N6O. The normalized spacial score (nSPS) is 10.5. The van der Waals surface area contributed by atoms with Crippen LogP contribution >= 0.6 is 0 Å². The van der Waals surface area contributed by atoms with Gasteiger partial charge in [-0.05, 0) is 92.7 Å². The van der Waals surface area contributed by atoms with Crippen LogP contribution in [-0.2, 0) is 0 Å². The van der Waals surface area contributed by atoms with Gasteiger partial charge < -0.3 is 9.51 Å². The summed E-state index contributed by atoms with van der Waals surface area (Å²) in [6, 6.07) is 26.9. The van der Waals surface area contributed by atoms with Gasteiger partial charge in [0.1, 0.15) is 0 Å². The van der Waals surface area contributed by atoms with Crippen molar-refractivity contribution in [3.05, 3.63) is 126 Å². The van der Waals surface area contributed by atoms with Gasteiger partial charge in [0.15, 0.2) is 5.58 Å². The summed E-state index contributed by atoms with van der Waals surface area (Å²) in [7, 11) is 0. The number of aromatic amines is 3. The highest BCUT2D eigenvalue weighted by atomic mass is 16.5. The first-order valence-electron chi connectivity index (χ1n) is 13.1. The number of aryl methyl sites for hydroxylation is 4. The van der Waals surface area contributed by atoms with Crippen molar-refractivity contribution in [3.8, 4) is 0 Å². The topological polar surface area (TPSA) is 99.2 Å². The van der Waals surface area contributed by atoms with E-state index in [0.29, 0.717) is 0 Å². The molecule has 4 heterocycles. The number of hydrogen-bond donors (Lipinski definition) is 3. The fraction of sp³-hybridized carbons (Fsp3) is 0.121. The predicted molar refractivity (Wildman–Crippen MR) is 163 cm³/mol. The molecule has 0 aliphatic carbocycles. The number of benzene rings is 4. The quantitative estimate of drug-likeness (QED) is 0.184. The van der Waals surface area contributed by atoms with Gasteiger partial charge in [0, 0.05) is 27.9 Å². The number of rotatable bonds is 0. The molecule has 200 valence electrons. The lowest BCUT2D eigenvalue weighted by Gasteiger charge is -1.90. The smallest absolute Gasteiger partial charge is 0.167 e. The van der Waals surface area contributed by atoms with Gasteiger partial charge in [-0.3, -0.25) is 10.2 Å². The van der Waals surface area contributed by atoms with Crippen LogP contribution in [-0.4, -0.2) is 30.5 Å². The van der Waals surface area contributed by atoms with Gasteiger partial charge in [-0.2, -0.15) is 10.2 Å². The van der Waals surface area contributed by atoms with Crippen LogP contribution in [0.25, 0.3) is 43.7 Å². The molecule has 3 N–H and O–H groups in total. The maximum absolute atomic E-state index is 4.95. The van der Waals surface area contributed by atoms with Gasteiger partial charge in [0.2, 0.25) is 0 Å². The first kappa shape index (κ1) is 26.4. The van der Waals surface area contributed by atoms with E-state index in [1.165, 1.54) is 43.9 Å². The third kappa shape index (κ3) is 6.63. The highest BCUT2D eigenvalue weighted by Gasteiger charge is 1.96. The lowest BCUT2D eigenvalue weighted by molar-refractivity contribution is 0.456. The summed E-state index contributed by atoms with van der Waals surface area (Å²) in [6.45, 7) is 8.28. The zero-order valence-corrected chi connectivity index (χ0v) is 23.1. The summed E-state index contributed by atoms with van der Waals surface area (Å²) in [5, 5.41) is 22.0. The standard InChI is InChI=1S/C9H9N.2C8H8N2.C8H7NO/c1-7-2-3-9-8(6-7)4-5-10-9;1-6-2-3-8-7(4-6)5-9-10-8;2*1-6-2-3-7-5-9-10-8(7)4-6/h2-6,10H,1H3;2*2-5H,1H3,(H,9,10);2-5H,1H3. The van der Waals surface area contributed by atoms with Crippen molar-refractivity contribution < 1.29 is 4.52 Å². The molecular weight excluding hydrogens is 496 g/mol. The van der Waals surface area contributed by atoms with Gasteiger partial charge in [0.05, 0.1) is 29.6 Å². The molecule has 0 spiro atoms. The molecule has 0 radical (unpaired) electrons. The van der Waals surface area contributed by atoms with E-state index in [-0.39, 0.29) is 0 Å². The number of fused-ring (bicyclic) bond motifs is 4. The average Bonchev–Trinajstić information content (AvgIpc) is 3.75. The Morgan fingerprint density at radius 1 is 0.500 bits per heavy atom. The van der Waals surface area contributed by atoms with Crippen LogP contribution in [0.1, 0.15) is 22.3 Å². The van der Waals surface area contributed by atoms with E-state index in [1.54, 1.807) is 6.20 Å². The molecule has 0 atom stereocenters. The number of nitrogens with one attached hydrogen (secondary N) is 3. The second-order valence-electron chi connectivity index (χ2n) is 9.86. The highest BCUT2D eigenvalue weighted by molar-refractivity contribution is 5.80. The van der Waals surface area contributed by atoms with E-state index in [1.807, 2.05) is 49.8 Å². The van der Waals surface area contributed by atoms with Crippen LogP contribution < -0.4 is 0 Å². The highest BCUT2D eigenvalue weighted by Crippen LogP contribution is 2.15. The molecule has 0 saturated carbocycles. The van der Waals surface area contributed by atoms with E-state index < -0.39 is 0 Å². The number of H-pyrrole nitrogens is 3. The molecule has 0 unspecified atom stereocenters. The third-order valence-corrected chi connectivity index (χ3v) is 6.41. The van der Waals surface area contributed by atoms with E-state index in [0.717, 1.165) is 22.0 Å². The molecule has 7 heteroatoms. The van der Waals surface area contributed by atoms with Crippen LogP contribution in [0.5, 0.6) is 0 Å². The summed E-state index contributed by atoms with van der Waals surface area (Å²) in [5.74, 6) is 0. The van der Waals surface area contributed by atoms with Crippen molar-refractivity contribution in [1.82, 2.24) is 30.5 Å². The van der Waals surface area contributed by atoms with Crippen LogP contribution in [0, 0.1) is 27.7 Å². The molecule has 4 aromatic carbocycles. The molecule has 8 rings (SSSR count). The molecule has 0 fully saturated rings. The molecule has 0 bridgehead atoms. The van der Waals surface area contributed by atoms with Crippen LogP contribution in [0.3, 0.4) is 0 Å². The van der Waals surface area contributed by atoms with Crippen molar-refractivity contribution in [2.24, 2.45) is 0 Å². The van der Waals surface area contributed by atoms with E-state index in [2.05, 4.69) is 106 Å². The van der Waals surface area contributed by atoms with Crippen molar-refractivity contribution in [3.63, 3.8) is 0 Å². The van der Waals surface area contributed by atoms with Gasteiger partial charge in [-0.25, -0.2) is 0 Å². The molecule has 40 heavy (non-hydrogen) atoms. The summed E-state index contributed by atoms with van der Waals surface area (Å²) >= 11 is 0. The molecule has 0 aliphatic rings.